The van der Waals surface area contributed by atoms with Crippen LogP contribution in [0.25, 0.3) is 0 Å². The van der Waals surface area contributed by atoms with E-state index >= 15 is 0 Å². The smallest absolute Gasteiger partial charge is 0.260 e. The quantitative estimate of drug-likeness (QED) is 0.846. The molecule has 0 saturated carbocycles. The van der Waals surface area contributed by atoms with Crippen molar-refractivity contribution < 1.29 is 9.53 Å². The molecule has 0 aliphatic heterocycles. The summed E-state index contributed by atoms with van der Waals surface area (Å²) in [5.74, 6) is 0.738. The topological polar surface area (TPSA) is 47.4 Å². The minimum Gasteiger partial charge on any atom is -0.483 e. The number of rotatable bonds is 5. The molecule has 5 nitrogen and oxygen atoms in total. The van der Waals surface area contributed by atoms with Crippen molar-refractivity contribution in [3.63, 3.8) is 0 Å². The van der Waals surface area contributed by atoms with Crippen LogP contribution in [0.2, 0.25) is 0 Å². The molecule has 0 radical (unpaired) electrons. The van der Waals surface area contributed by atoms with Crippen molar-refractivity contribution >= 4 is 5.91 Å². The van der Waals surface area contributed by atoms with Crippen LogP contribution >= 0.6 is 0 Å². The molecule has 2 aromatic rings. The van der Waals surface area contributed by atoms with Gasteiger partial charge in [0.05, 0.1) is 6.20 Å². The molecule has 0 fully saturated rings. The third-order valence-electron chi connectivity index (χ3n) is 3.35. The van der Waals surface area contributed by atoms with Crippen molar-refractivity contribution in [2.45, 2.75) is 20.4 Å². The molecule has 1 aromatic heterocycles. The van der Waals surface area contributed by atoms with Gasteiger partial charge >= 0.3 is 0 Å². The summed E-state index contributed by atoms with van der Waals surface area (Å²) in [6, 6.07) is 5.94. The Kier molecular flexibility index (Phi) is 4.62. The van der Waals surface area contributed by atoms with E-state index in [1.165, 1.54) is 0 Å². The molecule has 0 atom stereocenters. The van der Waals surface area contributed by atoms with E-state index in [0.717, 1.165) is 22.4 Å². The second kappa shape index (κ2) is 6.43. The van der Waals surface area contributed by atoms with Gasteiger partial charge in [-0.25, -0.2) is 0 Å². The first-order valence-corrected chi connectivity index (χ1v) is 6.88. The highest BCUT2D eigenvalue weighted by molar-refractivity contribution is 5.77. The third-order valence-corrected chi connectivity index (χ3v) is 3.35. The van der Waals surface area contributed by atoms with E-state index in [9.17, 15) is 4.79 Å². The van der Waals surface area contributed by atoms with E-state index in [1.54, 1.807) is 22.8 Å². The number of carbonyl (C=O) groups is 1. The van der Waals surface area contributed by atoms with Gasteiger partial charge in [-0.1, -0.05) is 18.2 Å². The molecule has 21 heavy (non-hydrogen) atoms. The molecule has 0 N–H and O–H groups in total. The van der Waals surface area contributed by atoms with Crippen molar-refractivity contribution in [2.24, 2.45) is 7.05 Å². The Morgan fingerprint density at radius 1 is 1.33 bits per heavy atom. The summed E-state index contributed by atoms with van der Waals surface area (Å²) in [5, 5.41) is 4.09. The Bertz CT molecular complexity index is 614. The molecule has 1 amide bonds. The fourth-order valence-corrected chi connectivity index (χ4v) is 2.19. The van der Waals surface area contributed by atoms with Crippen LogP contribution in [-0.4, -0.2) is 34.2 Å². The zero-order chi connectivity index (χ0) is 15.4. The standard InChI is InChI=1S/C16H21N3O2/c1-12-6-5-7-13(2)16(12)21-11-15(20)18(3)9-14-8-17-19(4)10-14/h5-8,10H,9,11H2,1-4H3. The molecule has 0 aliphatic carbocycles. The molecule has 0 aliphatic rings. The fraction of sp³-hybridized carbons (Fsp3) is 0.375. The van der Waals surface area contributed by atoms with Crippen molar-refractivity contribution in [1.82, 2.24) is 14.7 Å². The number of aryl methyl sites for hydroxylation is 3. The van der Waals surface area contributed by atoms with Gasteiger partial charge in [-0.05, 0) is 25.0 Å². The number of nitrogens with zero attached hydrogens (tertiary/aromatic N) is 3. The van der Waals surface area contributed by atoms with Crippen LogP contribution in [0.15, 0.2) is 30.6 Å². The maximum atomic E-state index is 12.1. The lowest BCUT2D eigenvalue weighted by molar-refractivity contribution is -0.132. The molecule has 0 bridgehead atoms. The van der Waals surface area contributed by atoms with Crippen LogP contribution in [0.1, 0.15) is 16.7 Å². The Morgan fingerprint density at radius 2 is 2.00 bits per heavy atom. The van der Waals surface area contributed by atoms with E-state index in [4.69, 9.17) is 4.74 Å². The van der Waals surface area contributed by atoms with Gasteiger partial charge in [0.2, 0.25) is 0 Å². The largest absolute Gasteiger partial charge is 0.483 e. The number of aromatic nitrogens is 2. The number of likely N-dealkylation sites (N-methyl/N-ethyl adjacent to an activating group) is 1. The highest BCUT2D eigenvalue weighted by Gasteiger charge is 2.12. The summed E-state index contributed by atoms with van der Waals surface area (Å²) < 4.78 is 7.40. The van der Waals surface area contributed by atoms with Gasteiger partial charge in [0.25, 0.3) is 5.91 Å². The maximum absolute atomic E-state index is 12.1. The lowest BCUT2D eigenvalue weighted by Gasteiger charge is -2.18. The first-order chi connectivity index (χ1) is 9.97. The van der Waals surface area contributed by atoms with Crippen molar-refractivity contribution in [2.75, 3.05) is 13.7 Å². The Balaban J connectivity index is 1.92. The lowest BCUT2D eigenvalue weighted by atomic mass is 10.1. The fourth-order valence-electron chi connectivity index (χ4n) is 2.19. The molecule has 5 heteroatoms. The number of carbonyl (C=O) groups excluding carboxylic acids is 1. The van der Waals surface area contributed by atoms with Crippen molar-refractivity contribution in [1.29, 1.82) is 0 Å². The first kappa shape index (κ1) is 15.1. The van der Waals surface area contributed by atoms with Gasteiger partial charge in [-0.3, -0.25) is 9.48 Å². The van der Waals surface area contributed by atoms with Crippen LogP contribution in [-0.2, 0) is 18.4 Å². The molecule has 0 spiro atoms. The van der Waals surface area contributed by atoms with Crippen LogP contribution in [0.3, 0.4) is 0 Å². The normalized spacial score (nSPS) is 10.5. The van der Waals surface area contributed by atoms with Crippen LogP contribution in [0, 0.1) is 13.8 Å². The second-order valence-electron chi connectivity index (χ2n) is 5.28. The molecule has 1 heterocycles. The van der Waals surface area contributed by atoms with E-state index in [-0.39, 0.29) is 12.5 Å². The van der Waals surface area contributed by atoms with Crippen LogP contribution < -0.4 is 4.74 Å². The number of hydrogen-bond donors (Lipinski definition) is 0. The predicted octanol–water partition coefficient (Wildman–Crippen LogP) is 2.07. The summed E-state index contributed by atoms with van der Waals surface area (Å²) in [6.45, 7) is 4.53. The van der Waals surface area contributed by atoms with Crippen molar-refractivity contribution in [3.8, 4) is 5.75 Å². The van der Waals surface area contributed by atoms with Gasteiger partial charge in [0.1, 0.15) is 5.75 Å². The Morgan fingerprint density at radius 3 is 2.57 bits per heavy atom. The minimum absolute atomic E-state index is 0.0441. The van der Waals surface area contributed by atoms with E-state index in [1.807, 2.05) is 45.3 Å². The van der Waals surface area contributed by atoms with Gasteiger partial charge in [0, 0.05) is 32.4 Å². The minimum atomic E-state index is -0.0542. The highest BCUT2D eigenvalue weighted by atomic mass is 16.5. The zero-order valence-electron chi connectivity index (χ0n) is 13.0. The molecular formula is C16H21N3O2. The van der Waals surface area contributed by atoms with Crippen molar-refractivity contribution in [3.05, 3.63) is 47.3 Å². The van der Waals surface area contributed by atoms with E-state index in [2.05, 4.69) is 5.10 Å². The summed E-state index contributed by atoms with van der Waals surface area (Å²) in [6.07, 6.45) is 3.66. The number of amides is 1. The van der Waals surface area contributed by atoms with Gasteiger partial charge in [-0.15, -0.1) is 0 Å². The third kappa shape index (κ3) is 3.84. The summed E-state index contributed by atoms with van der Waals surface area (Å²) >= 11 is 0. The van der Waals surface area contributed by atoms with Gasteiger partial charge in [0.15, 0.2) is 6.61 Å². The second-order valence-corrected chi connectivity index (χ2v) is 5.28. The molecule has 0 saturated heterocycles. The monoisotopic (exact) mass is 287 g/mol. The van der Waals surface area contributed by atoms with Gasteiger partial charge in [-0.2, -0.15) is 5.10 Å². The predicted molar refractivity (Wildman–Crippen MR) is 81.1 cm³/mol. The SMILES string of the molecule is Cc1cccc(C)c1OCC(=O)N(C)Cc1cnn(C)c1. The highest BCUT2D eigenvalue weighted by Crippen LogP contribution is 2.22. The van der Waals surface area contributed by atoms with Gasteiger partial charge < -0.3 is 9.64 Å². The molecular weight excluding hydrogens is 266 g/mol. The molecule has 1 aromatic carbocycles. The molecule has 0 unspecified atom stereocenters. The zero-order valence-corrected chi connectivity index (χ0v) is 13.0. The summed E-state index contributed by atoms with van der Waals surface area (Å²) in [5.41, 5.74) is 3.08. The average Bonchev–Trinajstić information content (AvgIpc) is 2.83. The van der Waals surface area contributed by atoms with E-state index < -0.39 is 0 Å². The number of para-hydroxylation sites is 1. The van der Waals surface area contributed by atoms with E-state index in [0.29, 0.717) is 6.54 Å². The number of benzene rings is 1. The Hall–Kier alpha value is -2.30. The molecule has 2 rings (SSSR count). The Labute approximate surface area is 125 Å². The average molecular weight is 287 g/mol. The number of ether oxygens (including phenoxy) is 1. The van der Waals surface area contributed by atoms with Crippen LogP contribution in [0.5, 0.6) is 5.75 Å². The summed E-state index contributed by atoms with van der Waals surface area (Å²) in [4.78, 5) is 13.8. The lowest BCUT2D eigenvalue weighted by Crippen LogP contribution is -2.31. The molecule has 112 valence electrons. The number of hydrogen-bond acceptors (Lipinski definition) is 3. The summed E-state index contributed by atoms with van der Waals surface area (Å²) in [7, 11) is 3.62. The van der Waals surface area contributed by atoms with Crippen LogP contribution in [0.4, 0.5) is 0 Å². The first-order valence-electron chi connectivity index (χ1n) is 6.88. The maximum Gasteiger partial charge on any atom is 0.260 e.